The molecule has 1 aliphatic heterocycles. The van der Waals surface area contributed by atoms with Crippen LogP contribution in [0.3, 0.4) is 0 Å². The minimum Gasteiger partial charge on any atom is -0.479 e. The van der Waals surface area contributed by atoms with Crippen LogP contribution < -0.4 is 5.32 Å². The average molecular weight is 328 g/mol. The van der Waals surface area contributed by atoms with Crippen LogP contribution in [0.1, 0.15) is 18.4 Å². The maximum absolute atomic E-state index is 11.8. The van der Waals surface area contributed by atoms with E-state index in [1.54, 1.807) is 0 Å². The van der Waals surface area contributed by atoms with Crippen LogP contribution in [0.5, 0.6) is 0 Å². The smallest absolute Gasteiger partial charge is 0.332 e. The average Bonchev–Trinajstić information content (AvgIpc) is 2.87. The Morgan fingerprint density at radius 2 is 1.89 bits per heavy atom. The number of carboxylic acids is 1. The van der Waals surface area contributed by atoms with E-state index in [9.17, 15) is 9.59 Å². The van der Waals surface area contributed by atoms with Gasteiger partial charge in [-0.3, -0.25) is 4.79 Å². The molecule has 2 rings (SSSR count). The molecule has 1 heterocycles. The third kappa shape index (κ3) is 3.78. The Morgan fingerprint density at radius 1 is 1.26 bits per heavy atom. The fraction of sp³-hybridized carbons (Fsp3) is 0.385. The molecule has 102 valence electrons. The molecule has 0 saturated carbocycles. The van der Waals surface area contributed by atoms with Gasteiger partial charge in [0.25, 0.3) is 0 Å². The first-order valence-electron chi connectivity index (χ1n) is 5.96. The molecular weight excluding hydrogens is 314 g/mol. The highest BCUT2D eigenvalue weighted by Gasteiger charge is 2.34. The first-order valence-corrected chi connectivity index (χ1v) is 6.76. The van der Waals surface area contributed by atoms with Gasteiger partial charge in [-0.15, -0.1) is 0 Å². The van der Waals surface area contributed by atoms with Crippen molar-refractivity contribution >= 4 is 27.8 Å². The van der Waals surface area contributed by atoms with Crippen molar-refractivity contribution in [3.8, 4) is 0 Å². The van der Waals surface area contributed by atoms with E-state index in [-0.39, 0.29) is 5.91 Å². The summed E-state index contributed by atoms with van der Waals surface area (Å²) in [6.07, 6.45) is -0.686. The number of rotatable bonds is 4. The van der Waals surface area contributed by atoms with Crippen LogP contribution in [-0.2, 0) is 20.9 Å². The summed E-state index contributed by atoms with van der Waals surface area (Å²) < 4.78 is 6.15. The number of halogens is 1. The Labute approximate surface area is 119 Å². The fourth-order valence-electron chi connectivity index (χ4n) is 1.92. The lowest BCUT2D eigenvalue weighted by atomic mass is 10.2. The fourth-order valence-corrected chi connectivity index (χ4v) is 2.18. The van der Waals surface area contributed by atoms with Crippen molar-refractivity contribution < 1.29 is 19.4 Å². The number of benzene rings is 1. The second kappa shape index (κ2) is 6.16. The first kappa shape index (κ1) is 14.0. The predicted molar refractivity (Wildman–Crippen MR) is 71.5 cm³/mol. The molecule has 1 saturated heterocycles. The number of carbonyl (C=O) groups excluding carboxylic acids is 1. The Hall–Kier alpha value is -1.40. The van der Waals surface area contributed by atoms with Crippen molar-refractivity contribution in [2.45, 2.75) is 31.6 Å². The zero-order valence-corrected chi connectivity index (χ0v) is 11.7. The van der Waals surface area contributed by atoms with Crippen molar-refractivity contribution in [2.75, 3.05) is 0 Å². The highest BCUT2D eigenvalue weighted by molar-refractivity contribution is 9.10. The van der Waals surface area contributed by atoms with E-state index in [1.165, 1.54) is 0 Å². The summed E-state index contributed by atoms with van der Waals surface area (Å²) in [6.45, 7) is 0.406. The van der Waals surface area contributed by atoms with E-state index < -0.39 is 18.2 Å². The summed E-state index contributed by atoms with van der Waals surface area (Å²) >= 11 is 3.34. The third-order valence-corrected chi connectivity index (χ3v) is 3.50. The topological polar surface area (TPSA) is 75.6 Å². The number of hydrogen-bond donors (Lipinski definition) is 2. The summed E-state index contributed by atoms with van der Waals surface area (Å²) in [4.78, 5) is 22.5. The maximum Gasteiger partial charge on any atom is 0.332 e. The van der Waals surface area contributed by atoms with Crippen LogP contribution >= 0.6 is 15.9 Å². The summed E-state index contributed by atoms with van der Waals surface area (Å²) in [5, 5.41) is 11.5. The summed E-state index contributed by atoms with van der Waals surface area (Å²) in [5.41, 5.74) is 0.976. The molecule has 0 spiro atoms. The predicted octanol–water partition coefficient (Wildman–Crippen LogP) is 1.70. The largest absolute Gasteiger partial charge is 0.479 e. The van der Waals surface area contributed by atoms with E-state index >= 15 is 0 Å². The van der Waals surface area contributed by atoms with Gasteiger partial charge >= 0.3 is 5.97 Å². The minimum absolute atomic E-state index is 0.258. The molecular formula is C13H14BrNO4. The minimum atomic E-state index is -1.01. The molecule has 1 aliphatic rings. The summed E-state index contributed by atoms with van der Waals surface area (Å²) in [6, 6.07) is 7.60. The standard InChI is InChI=1S/C13H14BrNO4/c14-9-3-1-8(2-4-9)7-15-12(16)10-5-6-11(19-10)13(17)18/h1-4,10-11H,5-7H2,(H,15,16)(H,17,18)/t10-,11+/m0/s1. The molecule has 1 aromatic carbocycles. The van der Waals surface area contributed by atoms with Gasteiger partial charge < -0.3 is 15.2 Å². The van der Waals surface area contributed by atoms with Gasteiger partial charge in [0, 0.05) is 11.0 Å². The number of carboxylic acid groups (broad SMARTS) is 1. The van der Waals surface area contributed by atoms with Crippen LogP contribution in [0.4, 0.5) is 0 Å². The van der Waals surface area contributed by atoms with Crippen LogP contribution in [0.25, 0.3) is 0 Å². The van der Waals surface area contributed by atoms with Gasteiger partial charge in [0.05, 0.1) is 0 Å². The molecule has 0 unspecified atom stereocenters. The number of carbonyl (C=O) groups is 2. The Bertz CT molecular complexity index is 474. The van der Waals surface area contributed by atoms with Gasteiger partial charge in [-0.05, 0) is 30.5 Å². The molecule has 0 bridgehead atoms. The van der Waals surface area contributed by atoms with Gasteiger partial charge in [-0.2, -0.15) is 0 Å². The van der Waals surface area contributed by atoms with Crippen LogP contribution in [0.2, 0.25) is 0 Å². The molecule has 6 heteroatoms. The van der Waals surface area contributed by atoms with E-state index in [1.807, 2.05) is 24.3 Å². The van der Waals surface area contributed by atoms with Gasteiger partial charge in [-0.1, -0.05) is 28.1 Å². The normalized spacial score (nSPS) is 22.2. The lowest BCUT2D eigenvalue weighted by Crippen LogP contribution is -2.35. The number of hydrogen-bond acceptors (Lipinski definition) is 3. The quantitative estimate of drug-likeness (QED) is 0.882. The van der Waals surface area contributed by atoms with E-state index in [0.29, 0.717) is 19.4 Å². The Kier molecular flexibility index (Phi) is 4.55. The molecule has 1 fully saturated rings. The van der Waals surface area contributed by atoms with Crippen LogP contribution in [0, 0.1) is 0 Å². The highest BCUT2D eigenvalue weighted by Crippen LogP contribution is 2.20. The van der Waals surface area contributed by atoms with E-state index in [0.717, 1.165) is 10.0 Å². The molecule has 2 N–H and O–H groups in total. The van der Waals surface area contributed by atoms with Crippen molar-refractivity contribution in [2.24, 2.45) is 0 Å². The molecule has 5 nitrogen and oxygen atoms in total. The zero-order chi connectivity index (χ0) is 13.8. The zero-order valence-electron chi connectivity index (χ0n) is 10.1. The number of amides is 1. The second-order valence-corrected chi connectivity index (χ2v) is 5.29. The van der Waals surface area contributed by atoms with Crippen molar-refractivity contribution in [1.82, 2.24) is 5.32 Å². The van der Waals surface area contributed by atoms with Crippen molar-refractivity contribution in [1.29, 1.82) is 0 Å². The number of aliphatic carboxylic acids is 1. The van der Waals surface area contributed by atoms with Crippen LogP contribution in [0.15, 0.2) is 28.7 Å². The van der Waals surface area contributed by atoms with Crippen molar-refractivity contribution in [3.05, 3.63) is 34.3 Å². The number of ether oxygens (including phenoxy) is 1. The Morgan fingerprint density at radius 3 is 2.47 bits per heavy atom. The second-order valence-electron chi connectivity index (χ2n) is 4.37. The van der Waals surface area contributed by atoms with Gasteiger partial charge in [0.15, 0.2) is 6.10 Å². The van der Waals surface area contributed by atoms with Crippen LogP contribution in [-0.4, -0.2) is 29.2 Å². The van der Waals surface area contributed by atoms with Crippen molar-refractivity contribution in [3.63, 3.8) is 0 Å². The van der Waals surface area contributed by atoms with Gasteiger partial charge in [0.2, 0.25) is 5.91 Å². The Balaban J connectivity index is 1.82. The summed E-state index contributed by atoms with van der Waals surface area (Å²) in [7, 11) is 0. The monoisotopic (exact) mass is 327 g/mol. The third-order valence-electron chi connectivity index (χ3n) is 2.97. The first-order chi connectivity index (χ1) is 9.06. The molecule has 1 amide bonds. The molecule has 0 radical (unpaired) electrons. The molecule has 0 aliphatic carbocycles. The summed E-state index contributed by atoms with van der Waals surface area (Å²) in [5.74, 6) is -1.27. The number of nitrogens with one attached hydrogen (secondary N) is 1. The molecule has 2 atom stereocenters. The lowest BCUT2D eigenvalue weighted by molar-refractivity contribution is -0.151. The lowest BCUT2D eigenvalue weighted by Gasteiger charge is -2.11. The van der Waals surface area contributed by atoms with E-state index in [4.69, 9.17) is 9.84 Å². The highest BCUT2D eigenvalue weighted by atomic mass is 79.9. The molecule has 0 aromatic heterocycles. The molecule has 1 aromatic rings. The van der Waals surface area contributed by atoms with Gasteiger partial charge in [0.1, 0.15) is 6.10 Å². The van der Waals surface area contributed by atoms with E-state index in [2.05, 4.69) is 21.2 Å². The maximum atomic E-state index is 11.8. The molecule has 19 heavy (non-hydrogen) atoms. The van der Waals surface area contributed by atoms with Gasteiger partial charge in [-0.25, -0.2) is 4.79 Å². The SMILES string of the molecule is O=C(NCc1ccc(Br)cc1)[C@@H]1CC[C@H](C(=O)O)O1.